The van der Waals surface area contributed by atoms with Crippen LogP contribution < -0.4 is 5.32 Å². The molecule has 3 heterocycles. The Morgan fingerprint density at radius 1 is 1.54 bits per heavy atom. The highest BCUT2D eigenvalue weighted by atomic mass is 79.9. The van der Waals surface area contributed by atoms with E-state index in [1.807, 2.05) is 12.1 Å². The lowest BCUT2D eigenvalue weighted by atomic mass is 10.1. The van der Waals surface area contributed by atoms with Gasteiger partial charge in [-0.05, 0) is 60.3 Å². The van der Waals surface area contributed by atoms with Crippen molar-refractivity contribution >= 4 is 33.5 Å². The van der Waals surface area contributed by atoms with Gasteiger partial charge in [-0.3, -0.25) is 9.69 Å². The number of nitrogens with one attached hydrogen (secondary N) is 1. The summed E-state index contributed by atoms with van der Waals surface area (Å²) >= 11 is 3.15. The maximum Gasteiger partial charge on any atom is 0.404 e. The maximum absolute atomic E-state index is 12.5. The molecule has 2 aromatic rings. The van der Waals surface area contributed by atoms with E-state index in [1.165, 1.54) is 4.68 Å². The predicted octanol–water partition coefficient (Wildman–Crippen LogP) is 2.66. The number of hydrogen-bond donors (Lipinski definition) is 1. The summed E-state index contributed by atoms with van der Waals surface area (Å²) in [6.07, 6.45) is 3.75. The Labute approximate surface area is 158 Å². The van der Waals surface area contributed by atoms with E-state index in [-0.39, 0.29) is 28.8 Å². The fraction of sp³-hybridized carbons (Fsp3) is 0.438. The molecule has 138 valence electrons. The highest BCUT2D eigenvalue weighted by Gasteiger charge is 2.27. The first-order valence-corrected chi connectivity index (χ1v) is 9.00. The van der Waals surface area contributed by atoms with E-state index in [1.54, 1.807) is 13.1 Å². The van der Waals surface area contributed by atoms with Gasteiger partial charge in [-0.15, -0.1) is 0 Å². The van der Waals surface area contributed by atoms with Gasteiger partial charge in [-0.2, -0.15) is 4.68 Å². The Morgan fingerprint density at radius 3 is 2.92 bits per heavy atom. The minimum Gasteiger partial charge on any atom is -0.358 e. The summed E-state index contributed by atoms with van der Waals surface area (Å²) in [4.78, 5) is 29.4. The van der Waals surface area contributed by atoms with Crippen LogP contribution in [0.2, 0.25) is 0 Å². The number of carbonyl (C=O) groups excluding carboxylic acids is 1. The highest BCUT2D eigenvalue weighted by Crippen LogP contribution is 2.33. The van der Waals surface area contributed by atoms with Crippen LogP contribution in [0.3, 0.4) is 0 Å². The summed E-state index contributed by atoms with van der Waals surface area (Å²) in [7, 11) is 2.06. The van der Waals surface area contributed by atoms with Gasteiger partial charge in [0.2, 0.25) is 5.91 Å². The molecular formula is C16H19BrN6O3. The standard InChI is InChI=1S/C16H19BrN6O3/c1-10-14(17)16(23(25)26)20-22(10)9-13(24)19-15-11(5-3-7-18-15)12-6-4-8-21(12)2/h3,5,7,12H,4,6,8-9H2,1-2H3,(H,18,19,24)/t12-/m1/s1. The second-order valence-electron chi connectivity index (χ2n) is 6.27. The normalized spacial score (nSPS) is 17.4. The molecule has 0 bridgehead atoms. The van der Waals surface area contributed by atoms with Crippen molar-refractivity contribution in [3.63, 3.8) is 0 Å². The van der Waals surface area contributed by atoms with Crippen molar-refractivity contribution in [1.82, 2.24) is 19.7 Å². The third-order valence-electron chi connectivity index (χ3n) is 4.56. The first-order valence-electron chi connectivity index (χ1n) is 8.20. The van der Waals surface area contributed by atoms with Gasteiger partial charge in [0.05, 0.1) is 10.8 Å². The van der Waals surface area contributed by atoms with Crippen molar-refractivity contribution in [2.24, 2.45) is 0 Å². The van der Waals surface area contributed by atoms with Crippen LogP contribution in [-0.2, 0) is 11.3 Å². The Bertz CT molecular complexity index is 853. The fourth-order valence-corrected chi connectivity index (χ4v) is 3.61. The molecule has 1 amide bonds. The molecule has 1 saturated heterocycles. The fourth-order valence-electron chi connectivity index (χ4n) is 3.18. The number of aromatic nitrogens is 3. The van der Waals surface area contributed by atoms with Gasteiger partial charge in [-0.1, -0.05) is 6.07 Å². The van der Waals surface area contributed by atoms with Crippen molar-refractivity contribution in [2.45, 2.75) is 32.4 Å². The van der Waals surface area contributed by atoms with E-state index in [0.29, 0.717) is 11.5 Å². The van der Waals surface area contributed by atoms with Crippen molar-refractivity contribution in [2.75, 3.05) is 18.9 Å². The van der Waals surface area contributed by atoms with Gasteiger partial charge in [0.25, 0.3) is 0 Å². The summed E-state index contributed by atoms with van der Waals surface area (Å²) in [5.41, 5.74) is 1.49. The summed E-state index contributed by atoms with van der Waals surface area (Å²) in [5.74, 6) is -0.116. The number of halogens is 1. The Hall–Kier alpha value is -2.33. The number of anilines is 1. The highest BCUT2D eigenvalue weighted by molar-refractivity contribution is 9.10. The number of nitro groups is 1. The second-order valence-corrected chi connectivity index (χ2v) is 7.06. The Kier molecular flexibility index (Phi) is 5.33. The van der Waals surface area contributed by atoms with Gasteiger partial charge in [-0.25, -0.2) is 4.98 Å². The van der Waals surface area contributed by atoms with E-state index in [0.717, 1.165) is 24.9 Å². The minimum atomic E-state index is -0.585. The van der Waals surface area contributed by atoms with Crippen LogP contribution in [-0.4, -0.2) is 44.1 Å². The van der Waals surface area contributed by atoms with Gasteiger partial charge < -0.3 is 15.4 Å². The monoisotopic (exact) mass is 422 g/mol. The van der Waals surface area contributed by atoms with Crippen molar-refractivity contribution in [3.8, 4) is 0 Å². The quantitative estimate of drug-likeness (QED) is 0.586. The number of likely N-dealkylation sites (tertiary alicyclic amines) is 1. The van der Waals surface area contributed by atoms with E-state index in [4.69, 9.17) is 0 Å². The largest absolute Gasteiger partial charge is 0.404 e. The van der Waals surface area contributed by atoms with Crippen molar-refractivity contribution < 1.29 is 9.72 Å². The molecule has 1 aliphatic heterocycles. The number of carbonyl (C=O) groups is 1. The van der Waals surface area contributed by atoms with Gasteiger partial charge in [0.15, 0.2) is 0 Å². The SMILES string of the molecule is Cc1c(Br)c([N+](=O)[O-])nn1CC(=O)Nc1ncccc1[C@H]1CCCN1C. The summed E-state index contributed by atoms with van der Waals surface area (Å²) in [6.45, 7) is 2.54. The third-order valence-corrected chi connectivity index (χ3v) is 5.49. The number of rotatable bonds is 5. The number of hydrogen-bond acceptors (Lipinski definition) is 6. The molecule has 1 N–H and O–H groups in total. The maximum atomic E-state index is 12.5. The summed E-state index contributed by atoms with van der Waals surface area (Å²) in [5, 5.41) is 17.7. The van der Waals surface area contributed by atoms with Crippen molar-refractivity contribution in [3.05, 3.63) is 44.2 Å². The molecule has 0 spiro atoms. The predicted molar refractivity (Wildman–Crippen MR) is 98.8 cm³/mol. The molecule has 1 fully saturated rings. The van der Waals surface area contributed by atoms with E-state index in [2.05, 4.69) is 43.3 Å². The zero-order valence-corrected chi connectivity index (χ0v) is 16.1. The molecule has 2 aromatic heterocycles. The molecule has 0 unspecified atom stereocenters. The molecule has 0 aromatic carbocycles. The van der Waals surface area contributed by atoms with Gasteiger partial charge in [0.1, 0.15) is 16.8 Å². The summed E-state index contributed by atoms with van der Waals surface area (Å²) < 4.78 is 1.59. The molecule has 26 heavy (non-hydrogen) atoms. The van der Waals surface area contributed by atoms with E-state index >= 15 is 0 Å². The number of nitrogens with zero attached hydrogens (tertiary/aromatic N) is 5. The molecule has 0 radical (unpaired) electrons. The van der Waals surface area contributed by atoms with Crippen molar-refractivity contribution in [1.29, 1.82) is 0 Å². The van der Waals surface area contributed by atoms with E-state index < -0.39 is 4.92 Å². The third kappa shape index (κ3) is 3.61. The smallest absolute Gasteiger partial charge is 0.358 e. The lowest BCUT2D eigenvalue weighted by Crippen LogP contribution is -2.24. The zero-order chi connectivity index (χ0) is 18.8. The Morgan fingerprint density at radius 2 is 2.31 bits per heavy atom. The first kappa shape index (κ1) is 18.5. The topological polar surface area (TPSA) is 106 Å². The lowest BCUT2D eigenvalue weighted by Gasteiger charge is -2.21. The summed E-state index contributed by atoms with van der Waals surface area (Å²) in [6, 6.07) is 4.05. The molecular weight excluding hydrogens is 404 g/mol. The Balaban J connectivity index is 1.77. The second kappa shape index (κ2) is 7.50. The molecule has 0 saturated carbocycles. The van der Waals surface area contributed by atoms with Crippen LogP contribution in [0.25, 0.3) is 0 Å². The van der Waals surface area contributed by atoms with Crippen LogP contribution in [0.4, 0.5) is 11.6 Å². The number of pyridine rings is 1. The average molecular weight is 423 g/mol. The van der Waals surface area contributed by atoms with Gasteiger partial charge in [0, 0.05) is 17.8 Å². The van der Waals surface area contributed by atoms with Crippen LogP contribution in [0.5, 0.6) is 0 Å². The first-order chi connectivity index (χ1) is 12.4. The minimum absolute atomic E-state index is 0.130. The molecule has 3 rings (SSSR count). The zero-order valence-electron chi connectivity index (χ0n) is 14.5. The molecule has 10 heteroatoms. The van der Waals surface area contributed by atoms with E-state index in [9.17, 15) is 14.9 Å². The average Bonchev–Trinajstić information content (AvgIpc) is 3.14. The van der Waals surface area contributed by atoms with Crippen LogP contribution in [0, 0.1) is 17.0 Å². The van der Waals surface area contributed by atoms with Crippen LogP contribution >= 0.6 is 15.9 Å². The molecule has 1 atom stereocenters. The molecule has 9 nitrogen and oxygen atoms in total. The van der Waals surface area contributed by atoms with Gasteiger partial charge >= 0.3 is 5.82 Å². The number of amides is 1. The lowest BCUT2D eigenvalue weighted by molar-refractivity contribution is -0.390. The van der Waals surface area contributed by atoms with Crippen LogP contribution in [0.1, 0.15) is 30.1 Å². The molecule has 1 aliphatic rings. The molecule has 0 aliphatic carbocycles. The van der Waals surface area contributed by atoms with Crippen LogP contribution in [0.15, 0.2) is 22.8 Å².